The van der Waals surface area contributed by atoms with Gasteiger partial charge in [-0.15, -0.1) is 0 Å². The van der Waals surface area contributed by atoms with Crippen LogP contribution in [0.2, 0.25) is 0 Å². The maximum absolute atomic E-state index is 12.9. The summed E-state index contributed by atoms with van der Waals surface area (Å²) in [5.74, 6) is 0.287. The molecule has 0 spiro atoms. The average molecular weight is 401 g/mol. The number of hydrogen-bond donors (Lipinski definition) is 2. The molecule has 6 nitrogen and oxygen atoms in total. The molecule has 2 saturated carbocycles. The third kappa shape index (κ3) is 3.69. The Labute approximate surface area is 156 Å². The summed E-state index contributed by atoms with van der Waals surface area (Å²) in [6.45, 7) is 4.41. The van der Waals surface area contributed by atoms with Crippen LogP contribution in [0.1, 0.15) is 38.7 Å². The zero-order chi connectivity index (χ0) is 19.2. The lowest BCUT2D eigenvalue weighted by Crippen LogP contribution is -2.53. The lowest BCUT2D eigenvalue weighted by Gasteiger charge is -2.42. The first-order valence-corrected chi connectivity index (χ1v) is 12.5. The molecular formula is C18H28N2O4S2. The van der Waals surface area contributed by atoms with Gasteiger partial charge in [0.25, 0.3) is 0 Å². The second-order valence-electron chi connectivity index (χ2n) is 8.36. The summed E-state index contributed by atoms with van der Waals surface area (Å²) in [6.07, 6.45) is 3.52. The monoisotopic (exact) mass is 400 g/mol. The van der Waals surface area contributed by atoms with Crippen molar-refractivity contribution >= 4 is 20.0 Å². The van der Waals surface area contributed by atoms with Crippen molar-refractivity contribution in [3.63, 3.8) is 0 Å². The minimum absolute atomic E-state index is 0.0521. The van der Waals surface area contributed by atoms with Gasteiger partial charge in [-0.3, -0.25) is 0 Å². The summed E-state index contributed by atoms with van der Waals surface area (Å²) in [5, 5.41) is 0. The minimum atomic E-state index is -3.55. The van der Waals surface area contributed by atoms with Gasteiger partial charge in [-0.1, -0.05) is 44.2 Å². The van der Waals surface area contributed by atoms with E-state index in [1.807, 2.05) is 30.3 Å². The van der Waals surface area contributed by atoms with Crippen molar-refractivity contribution in [2.24, 2.45) is 16.7 Å². The molecule has 0 saturated heterocycles. The molecule has 2 aliphatic carbocycles. The normalized spacial score (nSPS) is 30.6. The van der Waals surface area contributed by atoms with Crippen molar-refractivity contribution in [3.05, 3.63) is 35.9 Å². The van der Waals surface area contributed by atoms with E-state index in [9.17, 15) is 16.8 Å². The SMILES string of the molecule is CC1(C)[C@@H]2CC[C@@]1(CS(=O)(=O)NCc1ccccc1)[C@H](NS(C)(=O)=O)C2. The van der Waals surface area contributed by atoms with Crippen LogP contribution < -0.4 is 9.44 Å². The Morgan fingerprint density at radius 1 is 1.12 bits per heavy atom. The van der Waals surface area contributed by atoms with Crippen LogP contribution in [0.3, 0.4) is 0 Å². The molecule has 0 aliphatic heterocycles. The van der Waals surface area contributed by atoms with Crippen molar-refractivity contribution in [2.75, 3.05) is 12.0 Å². The van der Waals surface area contributed by atoms with Crippen LogP contribution in [0.25, 0.3) is 0 Å². The molecule has 0 radical (unpaired) electrons. The van der Waals surface area contributed by atoms with Gasteiger partial charge in [-0.2, -0.15) is 0 Å². The molecule has 2 aliphatic rings. The van der Waals surface area contributed by atoms with E-state index >= 15 is 0 Å². The van der Waals surface area contributed by atoms with Gasteiger partial charge >= 0.3 is 0 Å². The first-order chi connectivity index (χ1) is 12.0. The van der Waals surface area contributed by atoms with Crippen LogP contribution in [-0.2, 0) is 26.6 Å². The van der Waals surface area contributed by atoms with Crippen LogP contribution in [0.15, 0.2) is 30.3 Å². The topological polar surface area (TPSA) is 92.3 Å². The molecule has 0 heterocycles. The van der Waals surface area contributed by atoms with Crippen molar-refractivity contribution in [3.8, 4) is 0 Å². The Kier molecular flexibility index (Phi) is 5.01. The number of hydrogen-bond acceptors (Lipinski definition) is 4. The third-order valence-electron chi connectivity index (χ3n) is 6.57. The predicted octanol–water partition coefficient (Wildman–Crippen LogP) is 1.85. The molecule has 1 aromatic rings. The van der Waals surface area contributed by atoms with Crippen molar-refractivity contribution in [2.45, 2.75) is 45.7 Å². The van der Waals surface area contributed by atoms with Crippen molar-refractivity contribution in [1.29, 1.82) is 0 Å². The van der Waals surface area contributed by atoms with E-state index in [0.29, 0.717) is 12.3 Å². The molecule has 2 N–H and O–H groups in total. The fraction of sp³-hybridized carbons (Fsp3) is 0.667. The molecule has 3 atom stereocenters. The Morgan fingerprint density at radius 3 is 2.35 bits per heavy atom. The summed E-state index contributed by atoms with van der Waals surface area (Å²) < 4.78 is 54.8. The van der Waals surface area contributed by atoms with E-state index < -0.39 is 25.5 Å². The zero-order valence-electron chi connectivity index (χ0n) is 15.5. The molecule has 0 unspecified atom stereocenters. The first-order valence-electron chi connectivity index (χ1n) is 8.94. The molecule has 3 rings (SSSR count). The number of benzene rings is 1. The first kappa shape index (κ1) is 19.8. The highest BCUT2D eigenvalue weighted by atomic mass is 32.2. The van der Waals surface area contributed by atoms with E-state index in [2.05, 4.69) is 23.3 Å². The molecular weight excluding hydrogens is 372 g/mol. The molecule has 0 amide bonds. The lowest BCUT2D eigenvalue weighted by atomic mass is 9.69. The highest BCUT2D eigenvalue weighted by Crippen LogP contribution is 2.66. The zero-order valence-corrected chi connectivity index (χ0v) is 17.2. The van der Waals surface area contributed by atoms with Gasteiger partial charge < -0.3 is 0 Å². The van der Waals surface area contributed by atoms with Crippen molar-refractivity contribution in [1.82, 2.24) is 9.44 Å². The second kappa shape index (κ2) is 6.58. The van der Waals surface area contributed by atoms with Crippen LogP contribution in [0, 0.1) is 16.7 Å². The van der Waals surface area contributed by atoms with E-state index in [4.69, 9.17) is 0 Å². The van der Waals surface area contributed by atoms with Crippen LogP contribution in [-0.4, -0.2) is 34.9 Å². The third-order valence-corrected chi connectivity index (χ3v) is 8.76. The molecule has 8 heteroatoms. The molecule has 26 heavy (non-hydrogen) atoms. The van der Waals surface area contributed by atoms with Gasteiger partial charge in [0, 0.05) is 18.0 Å². The molecule has 146 valence electrons. The van der Waals surface area contributed by atoms with Gasteiger partial charge in [0.15, 0.2) is 0 Å². The Hall–Kier alpha value is -0.960. The second-order valence-corrected chi connectivity index (χ2v) is 11.9. The van der Waals surface area contributed by atoms with Crippen LogP contribution >= 0.6 is 0 Å². The van der Waals surface area contributed by atoms with Gasteiger partial charge in [0.1, 0.15) is 0 Å². The fourth-order valence-corrected chi connectivity index (χ4v) is 7.75. The molecule has 2 fully saturated rings. The van der Waals surface area contributed by atoms with Gasteiger partial charge in [0.2, 0.25) is 20.0 Å². The number of fused-ring (bicyclic) bond motifs is 2. The van der Waals surface area contributed by atoms with E-state index in [-0.39, 0.29) is 23.8 Å². The van der Waals surface area contributed by atoms with E-state index in [0.717, 1.165) is 24.7 Å². The Morgan fingerprint density at radius 2 is 1.77 bits per heavy atom. The molecule has 0 aromatic heterocycles. The predicted molar refractivity (Wildman–Crippen MR) is 102 cm³/mol. The highest BCUT2D eigenvalue weighted by Gasteiger charge is 2.65. The van der Waals surface area contributed by atoms with Gasteiger partial charge in [-0.05, 0) is 36.2 Å². The fourth-order valence-electron chi connectivity index (χ4n) is 5.02. The minimum Gasteiger partial charge on any atom is -0.213 e. The summed E-state index contributed by atoms with van der Waals surface area (Å²) in [6, 6.07) is 9.05. The number of sulfonamides is 2. The van der Waals surface area contributed by atoms with Crippen LogP contribution in [0.4, 0.5) is 0 Å². The van der Waals surface area contributed by atoms with Gasteiger partial charge in [0.05, 0.1) is 12.0 Å². The standard InChI is InChI=1S/C18H28N2O4S2/c1-17(2)15-9-10-18(17,16(11-15)20-25(3,21)22)13-26(23,24)19-12-14-7-5-4-6-8-14/h4-8,15-16,19-20H,9-13H2,1-3H3/t15-,16-,18-/m1/s1. The Balaban J connectivity index is 1.82. The maximum atomic E-state index is 12.9. The average Bonchev–Trinajstić information content (AvgIpc) is 2.87. The maximum Gasteiger partial charge on any atom is 0.212 e. The van der Waals surface area contributed by atoms with Gasteiger partial charge in [-0.25, -0.2) is 26.3 Å². The van der Waals surface area contributed by atoms with E-state index in [1.165, 1.54) is 0 Å². The smallest absolute Gasteiger partial charge is 0.212 e. The highest BCUT2D eigenvalue weighted by molar-refractivity contribution is 7.89. The summed E-state index contributed by atoms with van der Waals surface area (Å²) in [5.41, 5.74) is 0.0921. The summed E-state index contributed by atoms with van der Waals surface area (Å²) >= 11 is 0. The quantitative estimate of drug-likeness (QED) is 0.731. The lowest BCUT2D eigenvalue weighted by molar-refractivity contribution is 0.133. The summed E-state index contributed by atoms with van der Waals surface area (Å²) in [4.78, 5) is 0. The Bertz CT molecular complexity index is 866. The number of rotatable bonds is 7. The largest absolute Gasteiger partial charge is 0.213 e. The van der Waals surface area contributed by atoms with E-state index in [1.54, 1.807) is 0 Å². The molecule has 1 aromatic carbocycles. The van der Waals surface area contributed by atoms with Crippen molar-refractivity contribution < 1.29 is 16.8 Å². The summed E-state index contributed by atoms with van der Waals surface area (Å²) in [7, 11) is -6.95. The van der Waals surface area contributed by atoms with Crippen LogP contribution in [0.5, 0.6) is 0 Å². The molecule has 2 bridgehead atoms. The number of nitrogens with one attached hydrogen (secondary N) is 2.